The van der Waals surface area contributed by atoms with Gasteiger partial charge in [0.2, 0.25) is 0 Å². The summed E-state index contributed by atoms with van der Waals surface area (Å²) in [5.74, 6) is -0.759. The van der Waals surface area contributed by atoms with Crippen LogP contribution < -0.4 is 0 Å². The van der Waals surface area contributed by atoms with Crippen LogP contribution in [0.1, 0.15) is 80.6 Å². The molecular formula is C18H36O4. The van der Waals surface area contributed by atoms with Crippen molar-refractivity contribution in [3.8, 4) is 0 Å². The molecule has 0 aromatic rings. The van der Waals surface area contributed by atoms with Crippen LogP contribution in [0, 0.1) is 11.3 Å². The zero-order chi connectivity index (χ0) is 17.6. The Morgan fingerprint density at radius 3 is 1.50 bits per heavy atom. The number of aliphatic hydroxyl groups is 2. The summed E-state index contributed by atoms with van der Waals surface area (Å²) in [6, 6.07) is 0. The lowest BCUT2D eigenvalue weighted by molar-refractivity contribution is -0.177. The Balaban J connectivity index is 5.33. The van der Waals surface area contributed by atoms with Gasteiger partial charge in [-0.05, 0) is 46.0 Å². The van der Waals surface area contributed by atoms with Crippen molar-refractivity contribution < 1.29 is 19.7 Å². The minimum Gasteiger partial charge on any atom is -0.465 e. The van der Waals surface area contributed by atoms with Gasteiger partial charge < -0.3 is 14.9 Å². The minimum atomic E-state index is -1.03. The third-order valence-corrected chi connectivity index (χ3v) is 5.56. The van der Waals surface area contributed by atoms with E-state index in [-0.39, 0.29) is 12.6 Å². The largest absolute Gasteiger partial charge is 0.465 e. The number of rotatable bonds is 10. The summed E-state index contributed by atoms with van der Waals surface area (Å²) < 4.78 is 5.50. The molecule has 4 nitrogen and oxygen atoms in total. The predicted molar refractivity (Wildman–Crippen MR) is 89.6 cm³/mol. The van der Waals surface area contributed by atoms with Crippen molar-refractivity contribution in [2.24, 2.45) is 11.3 Å². The Labute approximate surface area is 136 Å². The maximum Gasteiger partial charge on any atom is 0.311 e. The Bertz CT molecular complexity index is 323. The van der Waals surface area contributed by atoms with Gasteiger partial charge in [0.15, 0.2) is 0 Å². The zero-order valence-corrected chi connectivity index (χ0v) is 15.5. The molecule has 0 spiro atoms. The topological polar surface area (TPSA) is 66.8 Å². The van der Waals surface area contributed by atoms with Crippen LogP contribution >= 0.6 is 0 Å². The molecule has 0 aromatic carbocycles. The first-order chi connectivity index (χ1) is 10.1. The van der Waals surface area contributed by atoms with Gasteiger partial charge >= 0.3 is 5.97 Å². The van der Waals surface area contributed by atoms with Crippen LogP contribution in [0.5, 0.6) is 0 Å². The fourth-order valence-corrected chi connectivity index (χ4v) is 2.79. The monoisotopic (exact) mass is 316 g/mol. The molecule has 0 bridgehead atoms. The first kappa shape index (κ1) is 21.4. The highest BCUT2D eigenvalue weighted by Crippen LogP contribution is 2.38. The van der Waals surface area contributed by atoms with Crippen LogP contribution in [0.2, 0.25) is 0 Å². The summed E-state index contributed by atoms with van der Waals surface area (Å²) >= 11 is 0. The summed E-state index contributed by atoms with van der Waals surface area (Å²) in [6.07, 6.45) is 2.76. The van der Waals surface area contributed by atoms with Crippen molar-refractivity contribution in [3.05, 3.63) is 0 Å². The van der Waals surface area contributed by atoms with Gasteiger partial charge in [0, 0.05) is 0 Å². The lowest BCUT2D eigenvalue weighted by Gasteiger charge is -2.44. The molecule has 0 heterocycles. The number of ether oxygens (including phenoxy) is 1. The van der Waals surface area contributed by atoms with Crippen molar-refractivity contribution in [1.29, 1.82) is 0 Å². The molecule has 0 saturated heterocycles. The van der Waals surface area contributed by atoms with Crippen LogP contribution in [-0.4, -0.2) is 34.0 Å². The summed E-state index contributed by atoms with van der Waals surface area (Å²) in [5, 5.41) is 21.8. The summed E-state index contributed by atoms with van der Waals surface area (Å²) in [7, 11) is 0. The highest BCUT2D eigenvalue weighted by Gasteiger charge is 2.47. The first-order valence-corrected chi connectivity index (χ1v) is 8.68. The second-order valence-corrected chi connectivity index (χ2v) is 7.01. The van der Waals surface area contributed by atoms with Gasteiger partial charge in [-0.25, -0.2) is 0 Å². The van der Waals surface area contributed by atoms with Gasteiger partial charge in [-0.3, -0.25) is 4.79 Å². The number of carbonyl (C=O) groups excluding carboxylic acids is 1. The standard InChI is InChI=1S/C18H36O4/c1-8-16(6,7)15(19)22-13-14(17(20,9-2)10-3)18(21,11-4)12-5/h14,20-21H,8-13H2,1-7H3. The van der Waals surface area contributed by atoms with Gasteiger partial charge in [-0.1, -0.05) is 34.6 Å². The number of hydrogen-bond donors (Lipinski definition) is 2. The van der Waals surface area contributed by atoms with Crippen LogP contribution in [0.25, 0.3) is 0 Å². The van der Waals surface area contributed by atoms with Gasteiger partial charge in [0.1, 0.15) is 0 Å². The normalized spacial score (nSPS) is 13.5. The molecule has 0 rings (SSSR count). The quantitative estimate of drug-likeness (QED) is 0.603. The third kappa shape index (κ3) is 4.69. The lowest BCUT2D eigenvalue weighted by Crippen LogP contribution is -2.53. The summed E-state index contributed by atoms with van der Waals surface area (Å²) in [6.45, 7) is 13.3. The predicted octanol–water partition coefficient (Wildman–Crippen LogP) is 3.68. The van der Waals surface area contributed by atoms with E-state index in [4.69, 9.17) is 4.74 Å². The van der Waals surface area contributed by atoms with Gasteiger partial charge in [-0.2, -0.15) is 0 Å². The number of esters is 1. The van der Waals surface area contributed by atoms with Crippen molar-refractivity contribution in [3.63, 3.8) is 0 Å². The van der Waals surface area contributed by atoms with E-state index < -0.39 is 22.5 Å². The molecule has 0 fully saturated rings. The SMILES string of the molecule is CCC(C)(C)C(=O)OCC(C(O)(CC)CC)C(O)(CC)CC. The molecule has 0 aromatic heterocycles. The Hall–Kier alpha value is -0.610. The molecule has 4 heteroatoms. The third-order valence-electron chi connectivity index (χ3n) is 5.56. The lowest BCUT2D eigenvalue weighted by atomic mass is 9.70. The average molecular weight is 316 g/mol. The molecule has 2 N–H and O–H groups in total. The smallest absolute Gasteiger partial charge is 0.311 e. The molecular weight excluding hydrogens is 280 g/mol. The Morgan fingerprint density at radius 1 is 0.864 bits per heavy atom. The summed E-state index contributed by atoms with van der Waals surface area (Å²) in [5.41, 5.74) is -2.60. The molecule has 0 saturated carbocycles. The van der Waals surface area contributed by atoms with Crippen molar-refractivity contribution >= 4 is 5.97 Å². The second kappa shape index (κ2) is 8.30. The van der Waals surface area contributed by atoms with E-state index in [2.05, 4.69) is 0 Å². The molecule has 0 amide bonds. The van der Waals surface area contributed by atoms with E-state index >= 15 is 0 Å². The molecule has 22 heavy (non-hydrogen) atoms. The highest BCUT2D eigenvalue weighted by molar-refractivity contribution is 5.75. The Morgan fingerprint density at radius 2 is 1.23 bits per heavy atom. The molecule has 0 aliphatic rings. The van der Waals surface area contributed by atoms with E-state index in [0.29, 0.717) is 32.1 Å². The average Bonchev–Trinajstić information content (AvgIpc) is 2.53. The van der Waals surface area contributed by atoms with Crippen molar-refractivity contribution in [2.75, 3.05) is 6.61 Å². The fourth-order valence-electron chi connectivity index (χ4n) is 2.79. The maximum atomic E-state index is 12.2. The maximum absolute atomic E-state index is 12.2. The molecule has 0 aliphatic carbocycles. The van der Waals surface area contributed by atoms with E-state index in [1.54, 1.807) is 0 Å². The zero-order valence-electron chi connectivity index (χ0n) is 15.5. The van der Waals surface area contributed by atoms with Gasteiger partial charge in [0.05, 0.1) is 29.1 Å². The molecule has 0 atom stereocenters. The molecule has 0 radical (unpaired) electrons. The number of hydrogen-bond acceptors (Lipinski definition) is 4. The van der Waals surface area contributed by atoms with E-state index in [1.165, 1.54) is 0 Å². The van der Waals surface area contributed by atoms with Crippen LogP contribution in [0.15, 0.2) is 0 Å². The van der Waals surface area contributed by atoms with E-state index in [9.17, 15) is 15.0 Å². The summed E-state index contributed by atoms with van der Waals surface area (Å²) in [4.78, 5) is 12.2. The van der Waals surface area contributed by atoms with Crippen molar-refractivity contribution in [2.45, 2.75) is 91.8 Å². The van der Waals surface area contributed by atoms with Crippen LogP contribution in [0.4, 0.5) is 0 Å². The first-order valence-electron chi connectivity index (χ1n) is 8.68. The van der Waals surface area contributed by atoms with Crippen molar-refractivity contribution in [1.82, 2.24) is 0 Å². The Kier molecular flexibility index (Phi) is 8.07. The fraction of sp³-hybridized carbons (Fsp3) is 0.944. The van der Waals surface area contributed by atoms with E-state index in [1.807, 2.05) is 48.5 Å². The number of carbonyl (C=O) groups is 1. The molecule has 0 aliphatic heterocycles. The van der Waals surface area contributed by atoms with Crippen LogP contribution in [0.3, 0.4) is 0 Å². The van der Waals surface area contributed by atoms with Gasteiger partial charge in [0.25, 0.3) is 0 Å². The molecule has 0 unspecified atom stereocenters. The van der Waals surface area contributed by atoms with E-state index in [0.717, 1.165) is 0 Å². The highest BCUT2D eigenvalue weighted by atomic mass is 16.5. The van der Waals surface area contributed by atoms with Crippen LogP contribution in [-0.2, 0) is 9.53 Å². The molecule has 132 valence electrons. The van der Waals surface area contributed by atoms with Gasteiger partial charge in [-0.15, -0.1) is 0 Å². The second-order valence-electron chi connectivity index (χ2n) is 7.01. The minimum absolute atomic E-state index is 0.0542.